The number of allylic oxidation sites excluding steroid dienone is 2. The van der Waals surface area contributed by atoms with Crippen LogP contribution in [0.2, 0.25) is 0 Å². The minimum Gasteiger partial charge on any atom is -0.299 e. The number of fused-ring (bicyclic) bond motifs is 1. The van der Waals surface area contributed by atoms with Crippen LogP contribution in [0.1, 0.15) is 19.3 Å². The highest BCUT2D eigenvalue weighted by molar-refractivity contribution is 7.92. The Morgan fingerprint density at radius 3 is 2.71 bits per heavy atom. The van der Waals surface area contributed by atoms with Gasteiger partial charge < -0.3 is 0 Å². The van der Waals surface area contributed by atoms with Crippen LogP contribution in [-0.4, -0.2) is 23.5 Å². The quantitative estimate of drug-likeness (QED) is 0.403. The molecule has 0 radical (unpaired) electrons. The van der Waals surface area contributed by atoms with Crippen LogP contribution in [-0.2, 0) is 4.18 Å². The molecule has 1 atom stereocenters. The van der Waals surface area contributed by atoms with Gasteiger partial charge in [0.2, 0.25) is 0 Å². The number of nitrogens with zero attached hydrogens (tertiary/aromatic N) is 1. The first-order chi connectivity index (χ1) is 6.79. The molecule has 78 valence electrons. The Kier molecular flexibility index (Phi) is 3.00. The van der Waals surface area contributed by atoms with Gasteiger partial charge in [0.15, 0.2) is 0 Å². The van der Waals surface area contributed by atoms with Crippen molar-refractivity contribution in [1.82, 2.24) is 4.31 Å². The molecule has 2 rings (SSSR count). The summed E-state index contributed by atoms with van der Waals surface area (Å²) in [6.07, 6.45) is 7.48. The molecule has 0 bridgehead atoms. The molecule has 2 aliphatic rings. The predicted molar refractivity (Wildman–Crippen MR) is 60.7 cm³/mol. The van der Waals surface area contributed by atoms with E-state index in [0.29, 0.717) is 11.5 Å². The Morgan fingerprint density at radius 1 is 1.43 bits per heavy atom. The zero-order chi connectivity index (χ0) is 10.0. The first-order valence-electron chi connectivity index (χ1n) is 5.08. The fraction of sp³-hybridized carbons (Fsp3) is 0.636. The Morgan fingerprint density at radius 2 is 2.14 bits per heavy atom. The lowest BCUT2D eigenvalue weighted by atomic mass is 9.79. The van der Waals surface area contributed by atoms with Gasteiger partial charge in [-0.2, -0.15) is 0 Å². The maximum atomic E-state index is 5.35. The zero-order valence-corrected chi connectivity index (χ0v) is 9.26. The molecule has 0 aromatic rings. The molecule has 0 aliphatic carbocycles. The average molecular weight is 211 g/mol. The summed E-state index contributed by atoms with van der Waals surface area (Å²) in [6, 6.07) is 0.611. The Labute approximate surface area is 90.3 Å². The number of hydrogen-bond donors (Lipinski definition) is 0. The fourth-order valence-electron chi connectivity index (χ4n) is 2.52. The third-order valence-corrected chi connectivity index (χ3v) is 3.99. The van der Waals surface area contributed by atoms with E-state index in [0.717, 1.165) is 26.0 Å². The highest BCUT2D eigenvalue weighted by atomic mass is 32.2. The van der Waals surface area contributed by atoms with E-state index in [1.807, 2.05) is 12.2 Å². The predicted octanol–water partition coefficient (Wildman–Crippen LogP) is 2.79. The first kappa shape index (κ1) is 10.3. The Bertz CT molecular complexity index is 217. The molecule has 0 aromatic carbocycles. The van der Waals surface area contributed by atoms with Crippen LogP contribution in [0.4, 0.5) is 0 Å². The molecule has 0 saturated carbocycles. The van der Waals surface area contributed by atoms with Gasteiger partial charge in [0.1, 0.15) is 0 Å². The van der Waals surface area contributed by atoms with Gasteiger partial charge in [-0.25, -0.2) is 4.31 Å². The van der Waals surface area contributed by atoms with Crippen molar-refractivity contribution in [3.05, 3.63) is 25.3 Å². The molecule has 0 N–H and O–H groups in total. The second-order valence-corrected chi connectivity index (χ2v) is 5.13. The molecular formula is C11H17NOS. The molecule has 14 heavy (non-hydrogen) atoms. The fourth-order valence-corrected chi connectivity index (χ4v) is 3.46. The van der Waals surface area contributed by atoms with E-state index in [4.69, 9.17) is 4.18 Å². The molecule has 0 spiro atoms. The van der Waals surface area contributed by atoms with E-state index in [2.05, 4.69) is 17.5 Å². The highest BCUT2D eigenvalue weighted by Gasteiger charge is 2.45. The van der Waals surface area contributed by atoms with Crippen LogP contribution in [0.3, 0.4) is 0 Å². The summed E-state index contributed by atoms with van der Waals surface area (Å²) >= 11 is 1.53. The summed E-state index contributed by atoms with van der Waals surface area (Å²) in [5.74, 6) is 0. The van der Waals surface area contributed by atoms with Gasteiger partial charge in [-0.3, -0.25) is 4.18 Å². The van der Waals surface area contributed by atoms with Crippen molar-refractivity contribution < 1.29 is 4.18 Å². The summed E-state index contributed by atoms with van der Waals surface area (Å²) in [5.41, 5.74) is 0.380. The molecule has 2 aliphatic heterocycles. The van der Waals surface area contributed by atoms with Crippen LogP contribution in [0, 0.1) is 5.41 Å². The maximum Gasteiger partial charge on any atom is 0.0823 e. The normalized spacial score (nSPS) is 30.1. The van der Waals surface area contributed by atoms with Crippen molar-refractivity contribution in [2.45, 2.75) is 25.3 Å². The largest absolute Gasteiger partial charge is 0.299 e. The average Bonchev–Trinajstić information content (AvgIpc) is 2.63. The van der Waals surface area contributed by atoms with Gasteiger partial charge in [0, 0.05) is 12.6 Å². The maximum absolute atomic E-state index is 5.35. The zero-order valence-electron chi connectivity index (χ0n) is 8.45. The second kappa shape index (κ2) is 4.09. The summed E-state index contributed by atoms with van der Waals surface area (Å²) in [4.78, 5) is 0. The van der Waals surface area contributed by atoms with E-state index in [9.17, 15) is 0 Å². The molecule has 0 aromatic heterocycles. The number of hydrogen-bond acceptors (Lipinski definition) is 3. The van der Waals surface area contributed by atoms with Gasteiger partial charge in [0.25, 0.3) is 0 Å². The lowest BCUT2D eigenvalue weighted by Crippen LogP contribution is -2.22. The molecule has 2 nitrogen and oxygen atoms in total. The van der Waals surface area contributed by atoms with Gasteiger partial charge in [-0.05, 0) is 24.7 Å². The van der Waals surface area contributed by atoms with E-state index >= 15 is 0 Å². The lowest BCUT2D eigenvalue weighted by molar-refractivity contribution is 0.292. The minimum atomic E-state index is 0.380. The molecule has 2 saturated heterocycles. The standard InChI is InChI=1S/C11H17NOS/c1-3-5-11(6-4-2)7-10-8-13-14-12(10)9-11/h3-4,10H,1-2,5-9H2. The van der Waals surface area contributed by atoms with Crippen molar-refractivity contribution in [1.29, 1.82) is 0 Å². The lowest BCUT2D eigenvalue weighted by Gasteiger charge is -2.26. The van der Waals surface area contributed by atoms with Gasteiger partial charge >= 0.3 is 0 Å². The van der Waals surface area contributed by atoms with Crippen molar-refractivity contribution in [3.8, 4) is 0 Å². The van der Waals surface area contributed by atoms with Crippen molar-refractivity contribution in [3.63, 3.8) is 0 Å². The molecule has 2 heterocycles. The van der Waals surface area contributed by atoms with E-state index in [1.165, 1.54) is 18.6 Å². The van der Waals surface area contributed by atoms with Gasteiger partial charge in [-0.15, -0.1) is 13.2 Å². The Balaban J connectivity index is 2.06. The summed E-state index contributed by atoms with van der Waals surface area (Å²) in [6.45, 7) is 9.70. The van der Waals surface area contributed by atoms with E-state index in [1.54, 1.807) is 0 Å². The molecule has 3 heteroatoms. The molecule has 1 unspecified atom stereocenters. The van der Waals surface area contributed by atoms with Crippen LogP contribution >= 0.6 is 12.2 Å². The topological polar surface area (TPSA) is 12.5 Å². The minimum absolute atomic E-state index is 0.380. The Hall–Kier alpha value is -0.250. The molecule has 0 amide bonds. The number of rotatable bonds is 4. The van der Waals surface area contributed by atoms with Crippen molar-refractivity contribution in [2.75, 3.05) is 13.2 Å². The third kappa shape index (κ3) is 1.76. The van der Waals surface area contributed by atoms with Gasteiger partial charge in [0.05, 0.1) is 18.8 Å². The SMILES string of the molecule is C=CCC1(CC=C)CC2COSN2C1. The second-order valence-electron chi connectivity index (χ2n) is 4.28. The molecular weight excluding hydrogens is 194 g/mol. The monoisotopic (exact) mass is 211 g/mol. The third-order valence-electron chi connectivity index (χ3n) is 3.13. The summed E-state index contributed by atoms with van der Waals surface area (Å²) < 4.78 is 7.72. The van der Waals surface area contributed by atoms with Crippen LogP contribution in [0.15, 0.2) is 25.3 Å². The summed E-state index contributed by atoms with van der Waals surface area (Å²) in [7, 11) is 0. The van der Waals surface area contributed by atoms with Crippen LogP contribution in [0.25, 0.3) is 0 Å². The highest BCUT2D eigenvalue weighted by Crippen LogP contribution is 2.47. The van der Waals surface area contributed by atoms with E-state index in [-0.39, 0.29) is 0 Å². The molecule has 2 fully saturated rings. The van der Waals surface area contributed by atoms with Crippen molar-refractivity contribution in [2.24, 2.45) is 5.41 Å². The van der Waals surface area contributed by atoms with E-state index < -0.39 is 0 Å². The summed E-state index contributed by atoms with van der Waals surface area (Å²) in [5, 5.41) is 0. The first-order valence-corrected chi connectivity index (χ1v) is 5.77. The van der Waals surface area contributed by atoms with Crippen molar-refractivity contribution >= 4 is 12.2 Å². The van der Waals surface area contributed by atoms with Gasteiger partial charge in [-0.1, -0.05) is 12.2 Å². The smallest absolute Gasteiger partial charge is 0.0823 e. The van der Waals surface area contributed by atoms with Crippen LogP contribution in [0.5, 0.6) is 0 Å². The van der Waals surface area contributed by atoms with Crippen LogP contribution < -0.4 is 0 Å².